The molecule has 3 nitrogen and oxygen atoms in total. The zero-order valence-corrected chi connectivity index (χ0v) is 10.0. The molecule has 0 fully saturated rings. The molecule has 0 radical (unpaired) electrons. The highest BCUT2D eigenvalue weighted by Gasteiger charge is 2.10. The summed E-state index contributed by atoms with van der Waals surface area (Å²) in [6.45, 7) is 4.68. The summed E-state index contributed by atoms with van der Waals surface area (Å²) in [4.78, 5) is 0. The minimum atomic E-state index is 0.0422. The van der Waals surface area contributed by atoms with E-state index in [1.807, 2.05) is 27.0 Å². The molecule has 0 saturated heterocycles. The first-order valence-electron chi connectivity index (χ1n) is 5.60. The van der Waals surface area contributed by atoms with Crippen LogP contribution >= 0.6 is 0 Å². The van der Waals surface area contributed by atoms with Gasteiger partial charge < -0.3 is 15.0 Å². The van der Waals surface area contributed by atoms with Crippen molar-refractivity contribution in [1.82, 2.24) is 4.57 Å². The molecule has 2 aromatic rings. The lowest BCUT2D eigenvalue weighted by Gasteiger charge is -2.05. The second-order valence-electron chi connectivity index (χ2n) is 4.10. The topological polar surface area (TPSA) is 40.2 Å². The Morgan fingerprint density at radius 3 is 2.81 bits per heavy atom. The fraction of sp³-hybridized carbons (Fsp3) is 0.385. The van der Waals surface area contributed by atoms with E-state index < -0.39 is 0 Å². The summed E-state index contributed by atoms with van der Waals surface area (Å²) in [6, 6.07) is 6.18. The summed E-state index contributed by atoms with van der Waals surface area (Å²) in [5.74, 6) is 0.906. The maximum absolute atomic E-state index is 5.96. The molecule has 3 heteroatoms. The van der Waals surface area contributed by atoms with Crippen molar-refractivity contribution in [3.63, 3.8) is 0 Å². The monoisotopic (exact) mass is 218 g/mol. The van der Waals surface area contributed by atoms with Gasteiger partial charge >= 0.3 is 0 Å². The average Bonchev–Trinajstić information content (AvgIpc) is 2.57. The third kappa shape index (κ3) is 1.78. The van der Waals surface area contributed by atoms with E-state index >= 15 is 0 Å². The van der Waals surface area contributed by atoms with Crippen molar-refractivity contribution in [2.75, 3.05) is 6.61 Å². The van der Waals surface area contributed by atoms with Crippen LogP contribution in [-0.4, -0.2) is 11.2 Å². The molecule has 0 saturated carbocycles. The van der Waals surface area contributed by atoms with Gasteiger partial charge in [-0.15, -0.1) is 0 Å². The maximum atomic E-state index is 5.96. The SMILES string of the molecule is CCOc1ccc2c(c1)c(C(C)N)cn2C. The van der Waals surface area contributed by atoms with E-state index in [0.29, 0.717) is 6.61 Å². The predicted octanol–water partition coefficient (Wildman–Crippen LogP) is 2.60. The average molecular weight is 218 g/mol. The van der Waals surface area contributed by atoms with Crippen molar-refractivity contribution < 1.29 is 4.74 Å². The number of hydrogen-bond donors (Lipinski definition) is 1. The van der Waals surface area contributed by atoms with Crippen LogP contribution in [0.5, 0.6) is 5.75 Å². The van der Waals surface area contributed by atoms with E-state index in [0.717, 1.165) is 5.75 Å². The van der Waals surface area contributed by atoms with Gasteiger partial charge in [0.2, 0.25) is 0 Å². The maximum Gasteiger partial charge on any atom is 0.120 e. The summed E-state index contributed by atoms with van der Waals surface area (Å²) < 4.78 is 7.61. The van der Waals surface area contributed by atoms with Crippen molar-refractivity contribution in [1.29, 1.82) is 0 Å². The van der Waals surface area contributed by atoms with Gasteiger partial charge in [0, 0.05) is 30.2 Å². The Bertz CT molecular complexity index is 500. The van der Waals surface area contributed by atoms with Crippen molar-refractivity contribution >= 4 is 10.9 Å². The number of aryl methyl sites for hydroxylation is 1. The summed E-state index contributed by atoms with van der Waals surface area (Å²) >= 11 is 0. The van der Waals surface area contributed by atoms with E-state index in [9.17, 15) is 0 Å². The zero-order chi connectivity index (χ0) is 11.7. The molecule has 2 N–H and O–H groups in total. The summed E-state index contributed by atoms with van der Waals surface area (Å²) in [6.07, 6.45) is 2.09. The van der Waals surface area contributed by atoms with Gasteiger partial charge in [-0.3, -0.25) is 0 Å². The highest BCUT2D eigenvalue weighted by atomic mass is 16.5. The fourth-order valence-electron chi connectivity index (χ4n) is 2.02. The van der Waals surface area contributed by atoms with Gasteiger partial charge in [0.05, 0.1) is 6.61 Å². The molecule has 2 rings (SSSR count). The van der Waals surface area contributed by atoms with Gasteiger partial charge in [-0.05, 0) is 37.6 Å². The lowest BCUT2D eigenvalue weighted by atomic mass is 10.1. The van der Waals surface area contributed by atoms with Crippen LogP contribution in [0.25, 0.3) is 10.9 Å². The number of ether oxygens (including phenoxy) is 1. The van der Waals surface area contributed by atoms with Gasteiger partial charge in [0.15, 0.2) is 0 Å². The molecule has 1 atom stereocenters. The van der Waals surface area contributed by atoms with Gasteiger partial charge in [-0.1, -0.05) is 0 Å². The number of aromatic nitrogens is 1. The molecule has 1 aromatic carbocycles. The quantitative estimate of drug-likeness (QED) is 0.860. The smallest absolute Gasteiger partial charge is 0.120 e. The van der Waals surface area contributed by atoms with Crippen molar-refractivity contribution in [2.45, 2.75) is 19.9 Å². The van der Waals surface area contributed by atoms with Gasteiger partial charge in [0.25, 0.3) is 0 Å². The van der Waals surface area contributed by atoms with E-state index in [4.69, 9.17) is 10.5 Å². The molecule has 86 valence electrons. The lowest BCUT2D eigenvalue weighted by molar-refractivity contribution is 0.340. The van der Waals surface area contributed by atoms with Crippen LogP contribution in [0.2, 0.25) is 0 Å². The summed E-state index contributed by atoms with van der Waals surface area (Å²) in [7, 11) is 2.04. The molecule has 0 amide bonds. The van der Waals surface area contributed by atoms with Gasteiger partial charge in [0.1, 0.15) is 5.75 Å². The normalized spacial score (nSPS) is 13.0. The second-order valence-corrected chi connectivity index (χ2v) is 4.10. The first-order valence-corrected chi connectivity index (χ1v) is 5.60. The van der Waals surface area contributed by atoms with Gasteiger partial charge in [-0.25, -0.2) is 0 Å². The van der Waals surface area contributed by atoms with Crippen molar-refractivity contribution in [2.24, 2.45) is 12.8 Å². The van der Waals surface area contributed by atoms with Gasteiger partial charge in [-0.2, -0.15) is 0 Å². The summed E-state index contributed by atoms with van der Waals surface area (Å²) in [5, 5.41) is 1.18. The Kier molecular flexibility index (Phi) is 2.88. The van der Waals surface area contributed by atoms with E-state index in [1.54, 1.807) is 0 Å². The third-order valence-electron chi connectivity index (χ3n) is 2.79. The Morgan fingerprint density at radius 1 is 1.44 bits per heavy atom. The van der Waals surface area contributed by atoms with Crippen LogP contribution in [0, 0.1) is 0 Å². The third-order valence-corrected chi connectivity index (χ3v) is 2.79. The molecule has 1 aromatic heterocycles. The Morgan fingerprint density at radius 2 is 2.19 bits per heavy atom. The number of nitrogens with zero attached hydrogens (tertiary/aromatic N) is 1. The zero-order valence-electron chi connectivity index (χ0n) is 10.0. The van der Waals surface area contributed by atoms with Crippen LogP contribution in [0.1, 0.15) is 25.5 Å². The highest BCUT2D eigenvalue weighted by molar-refractivity contribution is 5.85. The second kappa shape index (κ2) is 4.18. The number of nitrogens with two attached hydrogens (primary N) is 1. The number of benzene rings is 1. The van der Waals surface area contributed by atoms with E-state index in [1.165, 1.54) is 16.5 Å². The number of rotatable bonds is 3. The molecule has 16 heavy (non-hydrogen) atoms. The Hall–Kier alpha value is -1.48. The fourth-order valence-corrected chi connectivity index (χ4v) is 2.02. The lowest BCUT2D eigenvalue weighted by Crippen LogP contribution is -2.03. The summed E-state index contributed by atoms with van der Waals surface area (Å²) in [5.41, 5.74) is 8.32. The Labute approximate surface area is 95.8 Å². The van der Waals surface area contributed by atoms with Crippen LogP contribution in [0.4, 0.5) is 0 Å². The molecular formula is C13H18N2O. The number of hydrogen-bond acceptors (Lipinski definition) is 2. The molecule has 1 heterocycles. The minimum Gasteiger partial charge on any atom is -0.494 e. The van der Waals surface area contributed by atoms with Crippen LogP contribution in [-0.2, 0) is 7.05 Å². The van der Waals surface area contributed by atoms with Crippen molar-refractivity contribution in [3.05, 3.63) is 30.0 Å². The molecule has 0 aliphatic heterocycles. The highest BCUT2D eigenvalue weighted by Crippen LogP contribution is 2.28. The van der Waals surface area contributed by atoms with E-state index in [2.05, 4.69) is 22.9 Å². The molecular weight excluding hydrogens is 200 g/mol. The molecule has 0 aliphatic rings. The van der Waals surface area contributed by atoms with Crippen LogP contribution in [0.3, 0.4) is 0 Å². The van der Waals surface area contributed by atoms with Crippen molar-refractivity contribution in [3.8, 4) is 5.75 Å². The number of fused-ring (bicyclic) bond motifs is 1. The molecule has 0 spiro atoms. The molecule has 0 bridgehead atoms. The first-order chi connectivity index (χ1) is 7.63. The van der Waals surface area contributed by atoms with Crippen LogP contribution in [0.15, 0.2) is 24.4 Å². The molecule has 0 aliphatic carbocycles. The first kappa shape index (κ1) is 11.0. The standard InChI is InChI=1S/C13H18N2O/c1-4-16-10-5-6-13-11(7-10)12(9(2)14)8-15(13)3/h5-9H,4,14H2,1-3H3. The predicted molar refractivity (Wildman–Crippen MR) is 66.7 cm³/mol. The van der Waals surface area contributed by atoms with Crippen LogP contribution < -0.4 is 10.5 Å². The minimum absolute atomic E-state index is 0.0422. The Balaban J connectivity index is 2.60. The van der Waals surface area contributed by atoms with E-state index in [-0.39, 0.29) is 6.04 Å². The largest absolute Gasteiger partial charge is 0.494 e. The molecule has 1 unspecified atom stereocenters.